The first kappa shape index (κ1) is 10.5. The number of hydrogen-bond acceptors (Lipinski definition) is 2. The molecule has 0 aliphatic carbocycles. The van der Waals surface area contributed by atoms with Gasteiger partial charge in [0.2, 0.25) is 0 Å². The quantitative estimate of drug-likeness (QED) is 0.785. The lowest BCUT2D eigenvalue weighted by molar-refractivity contribution is 0.637. The number of fused-ring (bicyclic) bond motifs is 1. The van der Waals surface area contributed by atoms with Gasteiger partial charge in [-0.25, -0.2) is 0 Å². The van der Waals surface area contributed by atoms with Gasteiger partial charge in [0.1, 0.15) is 0 Å². The predicted molar refractivity (Wildman–Crippen MR) is 68.9 cm³/mol. The maximum Gasteiger partial charge on any atom is 0.0968 e. The second-order valence-corrected chi connectivity index (χ2v) is 4.76. The Bertz CT molecular complexity index is 555. The third kappa shape index (κ3) is 1.76. The molecule has 0 saturated heterocycles. The van der Waals surface area contributed by atoms with E-state index in [1.807, 2.05) is 0 Å². The third-order valence-electron chi connectivity index (χ3n) is 3.59. The van der Waals surface area contributed by atoms with Crippen LogP contribution in [0.2, 0.25) is 0 Å². The minimum atomic E-state index is 0.925. The molecule has 17 heavy (non-hydrogen) atoms. The first-order chi connectivity index (χ1) is 8.25. The summed E-state index contributed by atoms with van der Waals surface area (Å²) in [6.45, 7) is 6.26. The fraction of sp³-hybridized carbons (Fsp3) is 0.357. The molecule has 0 atom stereocenters. The molecule has 2 aromatic rings. The van der Waals surface area contributed by atoms with Gasteiger partial charge in [-0.3, -0.25) is 5.10 Å². The molecule has 0 spiro atoms. The molecule has 2 heterocycles. The van der Waals surface area contributed by atoms with E-state index >= 15 is 0 Å². The van der Waals surface area contributed by atoms with Crippen LogP contribution in [0.1, 0.15) is 22.4 Å². The van der Waals surface area contributed by atoms with Gasteiger partial charge >= 0.3 is 0 Å². The molecule has 1 aliphatic heterocycles. The molecule has 0 unspecified atom stereocenters. The van der Waals surface area contributed by atoms with Crippen LogP contribution in [0.15, 0.2) is 18.2 Å². The van der Waals surface area contributed by atoms with Gasteiger partial charge < -0.3 is 5.32 Å². The topological polar surface area (TPSA) is 40.7 Å². The number of nitrogens with zero attached hydrogens (tertiary/aromatic N) is 1. The van der Waals surface area contributed by atoms with Crippen LogP contribution >= 0.6 is 0 Å². The highest BCUT2D eigenvalue weighted by Crippen LogP contribution is 2.27. The van der Waals surface area contributed by atoms with E-state index in [4.69, 9.17) is 0 Å². The zero-order chi connectivity index (χ0) is 11.8. The Hall–Kier alpha value is -1.61. The van der Waals surface area contributed by atoms with Gasteiger partial charge in [0.15, 0.2) is 0 Å². The molecule has 0 saturated carbocycles. The average Bonchev–Trinajstić information content (AvgIpc) is 2.76. The summed E-state index contributed by atoms with van der Waals surface area (Å²) in [4.78, 5) is 0. The minimum Gasteiger partial charge on any atom is -0.312 e. The second kappa shape index (κ2) is 4.00. The summed E-state index contributed by atoms with van der Waals surface area (Å²) in [5.41, 5.74) is 7.60. The van der Waals surface area contributed by atoms with E-state index in [2.05, 4.69) is 47.6 Å². The number of aromatic nitrogens is 2. The van der Waals surface area contributed by atoms with Gasteiger partial charge in [-0.1, -0.05) is 12.1 Å². The molecule has 0 bridgehead atoms. The minimum absolute atomic E-state index is 0.925. The van der Waals surface area contributed by atoms with Crippen LogP contribution in [0, 0.1) is 13.8 Å². The second-order valence-electron chi connectivity index (χ2n) is 4.76. The standard InChI is InChI=1S/C14H17N3/c1-9-3-4-11(7-10(9)2)14-12-8-15-6-5-13(12)16-17-14/h3-4,7,15H,5-6,8H2,1-2H3,(H,16,17). The van der Waals surface area contributed by atoms with Crippen molar-refractivity contribution in [3.05, 3.63) is 40.6 Å². The summed E-state index contributed by atoms with van der Waals surface area (Å²) < 4.78 is 0. The predicted octanol–water partition coefficient (Wildman–Crippen LogP) is 2.34. The van der Waals surface area contributed by atoms with Crippen LogP contribution in [0.3, 0.4) is 0 Å². The van der Waals surface area contributed by atoms with E-state index in [1.165, 1.54) is 27.9 Å². The van der Waals surface area contributed by atoms with Crippen molar-refractivity contribution in [2.24, 2.45) is 0 Å². The monoisotopic (exact) mass is 227 g/mol. The van der Waals surface area contributed by atoms with Gasteiger partial charge in [0.05, 0.1) is 5.69 Å². The van der Waals surface area contributed by atoms with E-state index in [9.17, 15) is 0 Å². The zero-order valence-electron chi connectivity index (χ0n) is 10.3. The maximum absolute atomic E-state index is 4.47. The SMILES string of the molecule is Cc1ccc(-c2n[nH]c3c2CNCC3)cc1C. The summed E-state index contributed by atoms with van der Waals surface area (Å²) in [7, 11) is 0. The van der Waals surface area contributed by atoms with E-state index in [-0.39, 0.29) is 0 Å². The van der Waals surface area contributed by atoms with Crippen molar-refractivity contribution in [3.63, 3.8) is 0 Å². The Morgan fingerprint density at radius 3 is 2.88 bits per heavy atom. The highest BCUT2D eigenvalue weighted by molar-refractivity contribution is 5.65. The van der Waals surface area contributed by atoms with Gasteiger partial charge in [-0.05, 0) is 31.0 Å². The molecule has 1 aromatic heterocycles. The van der Waals surface area contributed by atoms with Crippen molar-refractivity contribution in [1.29, 1.82) is 0 Å². The van der Waals surface area contributed by atoms with Gasteiger partial charge in [0.25, 0.3) is 0 Å². The Kier molecular flexibility index (Phi) is 2.48. The molecule has 88 valence electrons. The van der Waals surface area contributed by atoms with Crippen molar-refractivity contribution in [3.8, 4) is 11.3 Å². The van der Waals surface area contributed by atoms with Gasteiger partial charge in [-0.2, -0.15) is 5.10 Å². The van der Waals surface area contributed by atoms with Crippen LogP contribution in [-0.2, 0) is 13.0 Å². The van der Waals surface area contributed by atoms with Crippen LogP contribution in [0.25, 0.3) is 11.3 Å². The first-order valence-electron chi connectivity index (χ1n) is 6.10. The molecule has 1 aliphatic rings. The first-order valence-corrected chi connectivity index (χ1v) is 6.10. The van der Waals surface area contributed by atoms with Crippen molar-refractivity contribution in [2.45, 2.75) is 26.8 Å². The summed E-state index contributed by atoms with van der Waals surface area (Å²) in [6.07, 6.45) is 1.05. The molecular weight excluding hydrogens is 210 g/mol. The Morgan fingerprint density at radius 1 is 1.18 bits per heavy atom. The summed E-state index contributed by atoms with van der Waals surface area (Å²) in [5.74, 6) is 0. The number of aromatic amines is 1. The molecule has 0 amide bonds. The summed E-state index contributed by atoms with van der Waals surface area (Å²) in [5, 5.41) is 11.0. The Balaban J connectivity index is 2.09. The van der Waals surface area contributed by atoms with Crippen LogP contribution in [0.5, 0.6) is 0 Å². The van der Waals surface area contributed by atoms with E-state index in [1.54, 1.807) is 0 Å². The summed E-state index contributed by atoms with van der Waals surface area (Å²) >= 11 is 0. The number of rotatable bonds is 1. The van der Waals surface area contributed by atoms with E-state index in [0.29, 0.717) is 0 Å². The number of aryl methyl sites for hydroxylation is 2. The maximum atomic E-state index is 4.47. The van der Waals surface area contributed by atoms with Crippen molar-refractivity contribution < 1.29 is 0 Å². The van der Waals surface area contributed by atoms with E-state index < -0.39 is 0 Å². The van der Waals surface area contributed by atoms with Crippen LogP contribution in [-0.4, -0.2) is 16.7 Å². The van der Waals surface area contributed by atoms with Crippen LogP contribution < -0.4 is 5.32 Å². The fourth-order valence-corrected chi connectivity index (χ4v) is 2.35. The molecule has 0 radical (unpaired) electrons. The number of benzene rings is 1. The highest BCUT2D eigenvalue weighted by atomic mass is 15.1. The van der Waals surface area contributed by atoms with Gasteiger partial charge in [-0.15, -0.1) is 0 Å². The van der Waals surface area contributed by atoms with Crippen molar-refractivity contribution in [1.82, 2.24) is 15.5 Å². The largest absolute Gasteiger partial charge is 0.312 e. The lowest BCUT2D eigenvalue weighted by Crippen LogP contribution is -2.23. The molecule has 0 fully saturated rings. The third-order valence-corrected chi connectivity index (χ3v) is 3.59. The molecular formula is C14H17N3. The van der Waals surface area contributed by atoms with Crippen molar-refractivity contribution >= 4 is 0 Å². The van der Waals surface area contributed by atoms with Crippen LogP contribution in [0.4, 0.5) is 0 Å². The normalized spacial score (nSPS) is 14.7. The number of nitrogens with one attached hydrogen (secondary N) is 2. The van der Waals surface area contributed by atoms with Crippen molar-refractivity contribution in [2.75, 3.05) is 6.54 Å². The summed E-state index contributed by atoms with van der Waals surface area (Å²) in [6, 6.07) is 6.55. The lowest BCUT2D eigenvalue weighted by Gasteiger charge is -2.13. The van der Waals surface area contributed by atoms with E-state index in [0.717, 1.165) is 25.2 Å². The highest BCUT2D eigenvalue weighted by Gasteiger charge is 2.17. The average molecular weight is 227 g/mol. The fourth-order valence-electron chi connectivity index (χ4n) is 2.35. The Morgan fingerprint density at radius 2 is 2.06 bits per heavy atom. The molecule has 2 N–H and O–H groups in total. The molecule has 1 aromatic carbocycles. The zero-order valence-corrected chi connectivity index (χ0v) is 10.3. The lowest BCUT2D eigenvalue weighted by atomic mass is 9.99. The Labute approximate surface area is 101 Å². The molecule has 3 rings (SSSR count). The molecule has 3 heteroatoms. The number of hydrogen-bond donors (Lipinski definition) is 2. The number of H-pyrrole nitrogens is 1. The molecule has 3 nitrogen and oxygen atoms in total. The van der Waals surface area contributed by atoms with Gasteiger partial charge in [0, 0.05) is 36.3 Å². The smallest absolute Gasteiger partial charge is 0.0968 e.